The van der Waals surface area contributed by atoms with Crippen molar-refractivity contribution in [2.24, 2.45) is 17.8 Å². The first kappa shape index (κ1) is 28.4. The Morgan fingerprint density at radius 1 is 1.05 bits per heavy atom. The molecular weight excluding hydrogens is 557 g/mol. The van der Waals surface area contributed by atoms with Gasteiger partial charge >= 0.3 is 12.1 Å². The fourth-order valence-electron chi connectivity index (χ4n) is 5.81. The second-order valence-electron chi connectivity index (χ2n) is 10.3. The van der Waals surface area contributed by atoms with E-state index in [0.29, 0.717) is 37.8 Å². The molecule has 0 radical (unpaired) electrons. The van der Waals surface area contributed by atoms with Crippen LogP contribution in [0.1, 0.15) is 57.8 Å². The van der Waals surface area contributed by atoms with Crippen LogP contribution in [0.15, 0.2) is 30.5 Å². The number of halogens is 5. The summed E-state index contributed by atoms with van der Waals surface area (Å²) in [5.41, 5.74) is -2.76. The first-order valence-corrected chi connectivity index (χ1v) is 12.7. The first-order chi connectivity index (χ1) is 19.3. The molecule has 2 saturated carbocycles. The Bertz CT molecular complexity index is 1530. The summed E-state index contributed by atoms with van der Waals surface area (Å²) in [6.07, 6.45) is -3.58. The topological polar surface area (TPSA) is 146 Å². The number of aliphatic hydroxyl groups excluding tert-OH is 1. The van der Waals surface area contributed by atoms with Crippen molar-refractivity contribution in [2.45, 2.75) is 50.6 Å². The Hall–Kier alpha value is -4.14. The maximum Gasteiger partial charge on any atom is 0.419 e. The van der Waals surface area contributed by atoms with E-state index >= 15 is 0 Å². The number of aromatic nitrogens is 3. The van der Waals surface area contributed by atoms with Gasteiger partial charge in [0.25, 0.3) is 11.8 Å². The van der Waals surface area contributed by atoms with Gasteiger partial charge in [-0.25, -0.2) is 18.3 Å². The summed E-state index contributed by atoms with van der Waals surface area (Å²) in [6, 6.07) is 2.53. The van der Waals surface area contributed by atoms with Crippen LogP contribution in [-0.2, 0) is 17.5 Å². The number of rotatable bonds is 6. The molecule has 2 unspecified atom stereocenters. The summed E-state index contributed by atoms with van der Waals surface area (Å²) in [4.78, 5) is 41.5. The van der Waals surface area contributed by atoms with Crippen LogP contribution in [0, 0.1) is 29.4 Å². The van der Waals surface area contributed by atoms with E-state index < -0.39 is 77.1 Å². The number of fused-ring (bicyclic) bond motifs is 2. The zero-order valence-electron chi connectivity index (χ0n) is 21.2. The van der Waals surface area contributed by atoms with Crippen molar-refractivity contribution >= 4 is 23.4 Å². The molecular formula is C26H24F5N5O5. The largest absolute Gasteiger partial charge is 0.481 e. The summed E-state index contributed by atoms with van der Waals surface area (Å²) in [6.45, 7) is -0.451. The van der Waals surface area contributed by atoms with Gasteiger partial charge in [-0.1, -0.05) is 6.07 Å². The molecule has 1 aromatic carbocycles. The van der Waals surface area contributed by atoms with Crippen LogP contribution in [0.3, 0.4) is 0 Å². The number of benzene rings is 1. The van der Waals surface area contributed by atoms with Crippen molar-refractivity contribution in [3.63, 3.8) is 0 Å². The average molecular weight is 581 g/mol. The van der Waals surface area contributed by atoms with Gasteiger partial charge in [-0.15, -0.1) is 0 Å². The standard InChI is InChI=1S/C26H24F5N5O5/c27-16-4-1-11(5-15(16)26(29,30)31)9-32-23(38)18-8-19(36-22(34-18)17(28)10-33-36)24(39)35-21-14-3-2-12(25(40)41)6-13(14)7-20(21)37/h1,4-5,8,10,12-14,20-21,37H,2-3,6-7,9H2,(H,32,38)(H,35,39)(H,40,41)/t12-,13?,14?,20-,21+/m0/s1. The minimum Gasteiger partial charge on any atom is -0.481 e. The van der Waals surface area contributed by atoms with Gasteiger partial charge < -0.3 is 20.8 Å². The molecule has 5 atom stereocenters. The van der Waals surface area contributed by atoms with Crippen molar-refractivity contribution in [3.05, 3.63) is 64.6 Å². The highest BCUT2D eigenvalue weighted by molar-refractivity contribution is 5.98. The zero-order chi connectivity index (χ0) is 29.6. The Morgan fingerprint density at radius 2 is 1.80 bits per heavy atom. The molecule has 2 amide bonds. The number of nitrogens with one attached hydrogen (secondary N) is 2. The van der Waals surface area contributed by atoms with Crippen LogP contribution < -0.4 is 10.6 Å². The van der Waals surface area contributed by atoms with E-state index in [2.05, 4.69) is 20.7 Å². The Morgan fingerprint density at radius 3 is 2.51 bits per heavy atom. The normalized spacial score (nSPS) is 24.2. The third kappa shape index (κ3) is 5.58. The molecule has 5 rings (SSSR count). The Kier molecular flexibility index (Phi) is 7.40. The third-order valence-corrected chi connectivity index (χ3v) is 7.79. The van der Waals surface area contributed by atoms with Gasteiger partial charge in [0.2, 0.25) is 0 Å². The van der Waals surface area contributed by atoms with Gasteiger partial charge in [0.15, 0.2) is 11.5 Å². The molecule has 2 fully saturated rings. The van der Waals surface area contributed by atoms with Crippen LogP contribution >= 0.6 is 0 Å². The Balaban J connectivity index is 1.35. The molecule has 3 aromatic rings. The van der Waals surface area contributed by atoms with Gasteiger partial charge in [0, 0.05) is 12.6 Å². The quantitative estimate of drug-likeness (QED) is 0.328. The SMILES string of the molecule is O=C(NCc1ccc(F)c(C(F)(F)F)c1)c1cc(C(=O)N[C@@H]2C3CC[C@H](C(=O)O)CC3C[C@@H]2O)n2ncc(F)c2n1. The number of carboxylic acid groups (broad SMARTS) is 1. The Labute approximate surface area is 228 Å². The minimum atomic E-state index is -4.94. The lowest BCUT2D eigenvalue weighted by molar-refractivity contribution is -0.144. The molecule has 2 heterocycles. The maximum atomic E-state index is 14.4. The number of carboxylic acids is 1. The smallest absolute Gasteiger partial charge is 0.419 e. The lowest BCUT2D eigenvalue weighted by Crippen LogP contribution is -2.46. The maximum absolute atomic E-state index is 14.4. The molecule has 41 heavy (non-hydrogen) atoms. The van der Waals surface area contributed by atoms with Crippen molar-refractivity contribution in [1.29, 1.82) is 0 Å². The van der Waals surface area contributed by atoms with E-state index in [4.69, 9.17) is 0 Å². The summed E-state index contributed by atoms with van der Waals surface area (Å²) < 4.78 is 67.9. The van der Waals surface area contributed by atoms with E-state index in [1.807, 2.05) is 0 Å². The number of hydrogen-bond donors (Lipinski definition) is 4. The monoisotopic (exact) mass is 581 g/mol. The highest BCUT2D eigenvalue weighted by Gasteiger charge is 2.47. The molecule has 15 heteroatoms. The number of hydrogen-bond acceptors (Lipinski definition) is 6. The van der Waals surface area contributed by atoms with E-state index in [1.54, 1.807) is 0 Å². The fourth-order valence-corrected chi connectivity index (χ4v) is 5.81. The molecule has 4 N–H and O–H groups in total. The highest BCUT2D eigenvalue weighted by atomic mass is 19.4. The number of alkyl halides is 3. The third-order valence-electron chi connectivity index (χ3n) is 7.79. The molecule has 0 aliphatic heterocycles. The van der Waals surface area contributed by atoms with E-state index in [1.165, 1.54) is 0 Å². The molecule has 0 saturated heterocycles. The number of aliphatic hydroxyl groups is 1. The van der Waals surface area contributed by atoms with Gasteiger partial charge in [0.1, 0.15) is 17.2 Å². The lowest BCUT2D eigenvalue weighted by Gasteiger charge is -2.32. The van der Waals surface area contributed by atoms with Crippen LogP contribution in [0.4, 0.5) is 22.0 Å². The van der Waals surface area contributed by atoms with Crippen molar-refractivity contribution in [1.82, 2.24) is 25.2 Å². The van der Waals surface area contributed by atoms with Crippen LogP contribution in [0.25, 0.3) is 5.65 Å². The van der Waals surface area contributed by atoms with Gasteiger partial charge in [-0.2, -0.15) is 18.3 Å². The number of aliphatic carboxylic acids is 1. The van der Waals surface area contributed by atoms with Crippen molar-refractivity contribution < 1.29 is 46.5 Å². The molecule has 0 spiro atoms. The number of carbonyl (C=O) groups excluding carboxylic acids is 2. The predicted molar refractivity (Wildman–Crippen MR) is 129 cm³/mol. The van der Waals surface area contributed by atoms with Gasteiger partial charge in [0.05, 0.1) is 29.8 Å². The summed E-state index contributed by atoms with van der Waals surface area (Å²) >= 11 is 0. The second-order valence-corrected chi connectivity index (χ2v) is 10.3. The summed E-state index contributed by atoms with van der Waals surface area (Å²) in [5, 5.41) is 28.8. The van der Waals surface area contributed by atoms with Gasteiger partial charge in [-0.3, -0.25) is 14.4 Å². The van der Waals surface area contributed by atoms with Crippen LogP contribution in [0.5, 0.6) is 0 Å². The van der Waals surface area contributed by atoms with Crippen LogP contribution in [0.2, 0.25) is 0 Å². The first-order valence-electron chi connectivity index (χ1n) is 12.7. The number of amides is 2. The van der Waals surface area contributed by atoms with Crippen molar-refractivity contribution in [3.8, 4) is 0 Å². The van der Waals surface area contributed by atoms with E-state index in [9.17, 15) is 46.5 Å². The summed E-state index contributed by atoms with van der Waals surface area (Å²) in [7, 11) is 0. The molecule has 0 bridgehead atoms. The second kappa shape index (κ2) is 10.7. The molecule has 2 aliphatic rings. The van der Waals surface area contributed by atoms with Gasteiger partial charge in [-0.05, 0) is 55.2 Å². The minimum absolute atomic E-state index is 0.0657. The van der Waals surface area contributed by atoms with E-state index in [0.717, 1.165) is 22.8 Å². The van der Waals surface area contributed by atoms with Crippen molar-refractivity contribution in [2.75, 3.05) is 0 Å². The molecule has 2 aliphatic carbocycles. The molecule has 218 valence electrons. The number of carbonyl (C=O) groups is 3. The lowest BCUT2D eigenvalue weighted by atomic mass is 9.75. The predicted octanol–water partition coefficient (Wildman–Crippen LogP) is 2.94. The van der Waals surface area contributed by atoms with Crippen LogP contribution in [-0.4, -0.2) is 54.7 Å². The molecule has 10 nitrogen and oxygen atoms in total. The molecule has 2 aromatic heterocycles. The fraction of sp³-hybridized carbons (Fsp3) is 0.423. The number of nitrogens with zero attached hydrogens (tertiary/aromatic N) is 3. The average Bonchev–Trinajstić information content (AvgIpc) is 3.44. The zero-order valence-corrected chi connectivity index (χ0v) is 21.2. The summed E-state index contributed by atoms with van der Waals surface area (Å²) in [5.74, 6) is -5.90. The van der Waals surface area contributed by atoms with E-state index in [-0.39, 0.29) is 23.1 Å². The highest BCUT2D eigenvalue weighted by Crippen LogP contribution is 2.44.